The first-order chi connectivity index (χ1) is 9.35. The van der Waals surface area contributed by atoms with Gasteiger partial charge >= 0.3 is 0 Å². The van der Waals surface area contributed by atoms with Crippen LogP contribution < -0.4 is 0 Å². The van der Waals surface area contributed by atoms with E-state index in [1.54, 1.807) is 4.91 Å². The third kappa shape index (κ3) is 1.73. The highest BCUT2D eigenvalue weighted by Gasteiger charge is 2.05. The lowest BCUT2D eigenvalue weighted by Crippen LogP contribution is -1.82. The van der Waals surface area contributed by atoms with Crippen molar-refractivity contribution >= 4 is 32.3 Å². The fourth-order valence-corrected chi connectivity index (χ4v) is 2.67. The van der Waals surface area contributed by atoms with Crippen LogP contribution in [0.5, 0.6) is 0 Å². The summed E-state index contributed by atoms with van der Waals surface area (Å²) in [7, 11) is 0. The van der Waals surface area contributed by atoms with Crippen molar-refractivity contribution in [1.82, 2.24) is 0 Å². The number of nitrogens with one attached hydrogen (secondary N) is 1. The molecule has 0 radical (unpaired) electrons. The molecule has 3 heteroatoms. The van der Waals surface area contributed by atoms with Gasteiger partial charge in [0.25, 0.3) is 0 Å². The molecule has 19 heavy (non-hydrogen) atoms. The van der Waals surface area contributed by atoms with E-state index in [-0.39, 0.29) is 0 Å². The van der Waals surface area contributed by atoms with E-state index in [0.717, 1.165) is 0 Å². The predicted octanol–water partition coefficient (Wildman–Crippen LogP) is 5.46. The molecule has 1 N–H and O–H groups in total. The largest absolute Gasteiger partial charge is 0.108 e. The first-order valence-electron chi connectivity index (χ1n) is 5.98. The van der Waals surface area contributed by atoms with Crippen molar-refractivity contribution in [2.45, 2.75) is 0 Å². The van der Waals surface area contributed by atoms with Gasteiger partial charge in [0.1, 0.15) is 0 Å². The standard InChI is InChI=1S/C16H10.HN3/c1-3-11-7-9-13-5-2-6-14-10-8-12(4-1)15(11)16(13)14;1-3-2/h1-10H;1H. The molecule has 4 aromatic rings. The lowest BCUT2D eigenvalue weighted by atomic mass is 9.95. The van der Waals surface area contributed by atoms with Gasteiger partial charge in [-0.15, -0.1) is 5.53 Å². The van der Waals surface area contributed by atoms with Crippen molar-refractivity contribution in [2.24, 2.45) is 0 Å². The zero-order chi connectivity index (χ0) is 13.2. The Bertz CT molecular complexity index is 760. The van der Waals surface area contributed by atoms with Gasteiger partial charge in [0.05, 0.1) is 0 Å². The van der Waals surface area contributed by atoms with Crippen LogP contribution in [0.15, 0.2) is 60.7 Å². The third-order valence-corrected chi connectivity index (χ3v) is 3.39. The van der Waals surface area contributed by atoms with Gasteiger partial charge in [-0.05, 0) is 42.8 Å². The molecule has 0 unspecified atom stereocenters. The van der Waals surface area contributed by atoms with Crippen LogP contribution in [0.4, 0.5) is 0 Å². The van der Waals surface area contributed by atoms with Crippen LogP contribution in [-0.2, 0) is 0 Å². The Morgan fingerprint density at radius 3 is 1.16 bits per heavy atom. The average molecular weight is 245 g/mol. The number of rotatable bonds is 0. The van der Waals surface area contributed by atoms with E-state index in [9.17, 15) is 0 Å². The van der Waals surface area contributed by atoms with E-state index in [0.29, 0.717) is 0 Å². The van der Waals surface area contributed by atoms with Crippen LogP contribution in [0.25, 0.3) is 42.8 Å². The van der Waals surface area contributed by atoms with Gasteiger partial charge in [0, 0.05) is 0 Å². The van der Waals surface area contributed by atoms with E-state index < -0.39 is 0 Å². The monoisotopic (exact) mass is 245 g/mol. The van der Waals surface area contributed by atoms with Crippen molar-refractivity contribution in [2.75, 3.05) is 0 Å². The highest BCUT2D eigenvalue weighted by Crippen LogP contribution is 2.33. The van der Waals surface area contributed by atoms with E-state index in [4.69, 9.17) is 11.1 Å². The molecule has 0 heterocycles. The topological polar surface area (TPSA) is 60.3 Å². The Morgan fingerprint density at radius 2 is 0.895 bits per heavy atom. The summed E-state index contributed by atoms with van der Waals surface area (Å²) in [4.78, 5) is 1.75. The van der Waals surface area contributed by atoms with Crippen molar-refractivity contribution in [3.63, 3.8) is 0 Å². The van der Waals surface area contributed by atoms with Gasteiger partial charge in [-0.1, -0.05) is 60.7 Å². The Balaban J connectivity index is 0.000000339. The van der Waals surface area contributed by atoms with Crippen LogP contribution in [0.3, 0.4) is 0 Å². The Labute approximate surface area is 109 Å². The predicted molar refractivity (Wildman–Crippen MR) is 79.6 cm³/mol. The highest BCUT2D eigenvalue weighted by atomic mass is 15.0. The van der Waals surface area contributed by atoms with Crippen LogP contribution in [0.2, 0.25) is 0 Å². The second-order valence-corrected chi connectivity index (χ2v) is 4.39. The van der Waals surface area contributed by atoms with Gasteiger partial charge in [-0.3, -0.25) is 0 Å². The lowest BCUT2D eigenvalue weighted by molar-refractivity contribution is 1.45. The zero-order valence-electron chi connectivity index (χ0n) is 10.2. The fraction of sp³-hybridized carbons (Fsp3) is 0. The molecule has 0 spiro atoms. The van der Waals surface area contributed by atoms with Crippen LogP contribution >= 0.6 is 0 Å². The maximum atomic E-state index is 6.86. The fourth-order valence-electron chi connectivity index (χ4n) is 2.67. The molecule has 0 saturated carbocycles. The lowest BCUT2D eigenvalue weighted by Gasteiger charge is -2.09. The molecule has 0 saturated heterocycles. The maximum absolute atomic E-state index is 6.86. The summed E-state index contributed by atoms with van der Waals surface area (Å²) in [5.74, 6) is 0. The number of hydrogen-bond donors (Lipinski definition) is 1. The van der Waals surface area contributed by atoms with Crippen molar-refractivity contribution in [3.05, 3.63) is 71.1 Å². The summed E-state index contributed by atoms with van der Waals surface area (Å²) < 4.78 is 0. The average Bonchev–Trinajstić information content (AvgIpc) is 2.46. The van der Waals surface area contributed by atoms with Crippen LogP contribution in [0, 0.1) is 5.53 Å². The van der Waals surface area contributed by atoms with E-state index in [2.05, 4.69) is 60.7 Å². The molecule has 4 aromatic carbocycles. The van der Waals surface area contributed by atoms with E-state index in [1.807, 2.05) is 0 Å². The smallest absolute Gasteiger partial charge is 0.00208 e. The minimum Gasteiger partial charge on any atom is -0.108 e. The van der Waals surface area contributed by atoms with E-state index in [1.165, 1.54) is 32.3 Å². The Morgan fingerprint density at radius 1 is 0.632 bits per heavy atom. The molecule has 0 aliphatic carbocycles. The summed E-state index contributed by atoms with van der Waals surface area (Å²) in [6, 6.07) is 21.9. The van der Waals surface area contributed by atoms with Gasteiger partial charge in [-0.2, -0.15) is 0 Å². The molecular formula is C16H11N3. The van der Waals surface area contributed by atoms with Crippen LogP contribution in [-0.4, -0.2) is 0 Å². The first-order valence-corrected chi connectivity index (χ1v) is 5.98. The summed E-state index contributed by atoms with van der Waals surface area (Å²) in [5, 5.41) is 8.14. The normalized spacial score (nSPS) is 10.3. The van der Waals surface area contributed by atoms with Crippen LogP contribution in [0.1, 0.15) is 0 Å². The highest BCUT2D eigenvalue weighted by molar-refractivity contribution is 6.22. The molecule has 3 nitrogen and oxygen atoms in total. The quantitative estimate of drug-likeness (QED) is 0.185. The number of hydrogen-bond acceptors (Lipinski definition) is 1. The van der Waals surface area contributed by atoms with E-state index >= 15 is 0 Å². The minimum absolute atomic E-state index is 1.34. The number of nitrogens with zero attached hydrogens (tertiary/aromatic N) is 2. The second-order valence-electron chi connectivity index (χ2n) is 4.39. The molecule has 0 fully saturated rings. The molecule has 90 valence electrons. The Hall–Kier alpha value is -2.77. The molecule has 0 aliphatic heterocycles. The molecule has 0 aromatic heterocycles. The minimum atomic E-state index is 1.34. The third-order valence-electron chi connectivity index (χ3n) is 3.39. The summed E-state index contributed by atoms with van der Waals surface area (Å²) in [6.07, 6.45) is 0. The zero-order valence-corrected chi connectivity index (χ0v) is 10.2. The molecule has 0 amide bonds. The number of benzene rings is 4. The van der Waals surface area contributed by atoms with Gasteiger partial charge in [0.15, 0.2) is 0 Å². The molecule has 0 bridgehead atoms. The Kier molecular flexibility index (Phi) is 2.67. The molecule has 0 atom stereocenters. The second kappa shape index (κ2) is 4.48. The summed E-state index contributed by atoms with van der Waals surface area (Å²) in [6.45, 7) is 0. The van der Waals surface area contributed by atoms with Gasteiger partial charge < -0.3 is 0 Å². The summed E-state index contributed by atoms with van der Waals surface area (Å²) in [5.41, 5.74) is 12.2. The van der Waals surface area contributed by atoms with Gasteiger partial charge in [-0.25, -0.2) is 0 Å². The van der Waals surface area contributed by atoms with Gasteiger partial charge in [0.2, 0.25) is 0 Å². The maximum Gasteiger partial charge on any atom is -0.00208 e. The SMILES string of the molecule is [N-]=[N+]=N.c1cc2ccc3cccc4ccc(c1)c2c34. The van der Waals surface area contributed by atoms with Crippen molar-refractivity contribution < 1.29 is 0 Å². The van der Waals surface area contributed by atoms with Crippen molar-refractivity contribution in [1.29, 1.82) is 5.53 Å². The summed E-state index contributed by atoms with van der Waals surface area (Å²) >= 11 is 0. The first kappa shape index (κ1) is 11.3. The van der Waals surface area contributed by atoms with Crippen molar-refractivity contribution in [3.8, 4) is 0 Å². The molecular weight excluding hydrogens is 234 g/mol. The molecule has 0 aliphatic rings. The molecule has 4 rings (SSSR count).